The topological polar surface area (TPSA) is 9.23 Å². The highest BCUT2D eigenvalue weighted by Crippen LogP contribution is 2.40. The minimum absolute atomic E-state index is 0.529. The molecule has 0 aromatic carbocycles. The van der Waals surface area contributed by atoms with Crippen LogP contribution in [0.25, 0.3) is 0 Å². The van der Waals surface area contributed by atoms with Gasteiger partial charge in [-0.15, -0.1) is 0 Å². The van der Waals surface area contributed by atoms with Crippen LogP contribution in [-0.2, 0) is 4.43 Å². The first kappa shape index (κ1) is 11.3. The first-order valence-electron chi connectivity index (χ1n) is 5.51. The van der Waals surface area contributed by atoms with E-state index >= 15 is 0 Å². The highest BCUT2D eigenvalue weighted by molar-refractivity contribution is 6.71. The lowest BCUT2D eigenvalue weighted by Gasteiger charge is -2.25. The van der Waals surface area contributed by atoms with Crippen molar-refractivity contribution in [2.75, 3.05) is 0 Å². The van der Waals surface area contributed by atoms with E-state index in [1.165, 1.54) is 6.04 Å². The molecule has 1 nitrogen and oxygen atoms in total. The van der Waals surface area contributed by atoms with Crippen LogP contribution in [0.15, 0.2) is 0 Å². The quantitative estimate of drug-likeness (QED) is 0.620. The molecule has 0 spiro atoms. The van der Waals surface area contributed by atoms with Gasteiger partial charge >= 0.3 is 0 Å². The Hall–Kier alpha value is 0.177. The zero-order chi connectivity index (χ0) is 10.2. The lowest BCUT2D eigenvalue weighted by molar-refractivity contribution is 0.105. The first-order chi connectivity index (χ1) is 5.83. The monoisotopic (exact) mass is 200 g/mol. The van der Waals surface area contributed by atoms with Crippen LogP contribution in [0.2, 0.25) is 19.1 Å². The van der Waals surface area contributed by atoms with Gasteiger partial charge in [-0.05, 0) is 36.9 Å². The van der Waals surface area contributed by atoms with Crippen molar-refractivity contribution >= 4 is 8.32 Å². The van der Waals surface area contributed by atoms with E-state index in [1.807, 2.05) is 0 Å². The van der Waals surface area contributed by atoms with E-state index in [0.29, 0.717) is 12.0 Å². The molecule has 0 radical (unpaired) electrons. The second-order valence-corrected chi connectivity index (χ2v) is 9.86. The maximum absolute atomic E-state index is 6.22. The molecule has 78 valence electrons. The molecule has 1 fully saturated rings. The Morgan fingerprint density at radius 2 is 1.62 bits per heavy atom. The number of hydrogen-bond acceptors (Lipinski definition) is 1. The first-order valence-corrected chi connectivity index (χ1v) is 8.63. The van der Waals surface area contributed by atoms with Crippen LogP contribution >= 0.6 is 0 Å². The molecule has 2 unspecified atom stereocenters. The van der Waals surface area contributed by atoms with Crippen molar-refractivity contribution in [3.05, 3.63) is 0 Å². The molecule has 13 heavy (non-hydrogen) atoms. The summed E-state index contributed by atoms with van der Waals surface area (Å²) in [5.41, 5.74) is 0. The van der Waals surface area contributed by atoms with Crippen molar-refractivity contribution < 1.29 is 4.43 Å². The largest absolute Gasteiger partial charge is 0.414 e. The molecule has 1 aliphatic heterocycles. The van der Waals surface area contributed by atoms with Gasteiger partial charge in [-0.25, -0.2) is 0 Å². The Morgan fingerprint density at radius 3 is 1.92 bits per heavy atom. The SMILES string of the molecule is CC(C)C1C[Si](C)(C)OC1C(C)C. The van der Waals surface area contributed by atoms with Gasteiger partial charge in [0.25, 0.3) is 0 Å². The fourth-order valence-corrected chi connectivity index (χ4v) is 5.55. The molecule has 0 N–H and O–H groups in total. The molecule has 0 amide bonds. The molecule has 1 aliphatic rings. The van der Waals surface area contributed by atoms with Gasteiger partial charge in [-0.1, -0.05) is 27.7 Å². The predicted octanol–water partition coefficient (Wildman–Crippen LogP) is 3.52. The molecule has 1 heterocycles. The van der Waals surface area contributed by atoms with Crippen LogP contribution < -0.4 is 0 Å². The van der Waals surface area contributed by atoms with Gasteiger partial charge in [-0.2, -0.15) is 0 Å². The van der Waals surface area contributed by atoms with E-state index in [4.69, 9.17) is 4.43 Å². The van der Waals surface area contributed by atoms with Gasteiger partial charge in [0.2, 0.25) is 0 Å². The second kappa shape index (κ2) is 3.74. The summed E-state index contributed by atoms with van der Waals surface area (Å²) in [7, 11) is -1.29. The fraction of sp³-hybridized carbons (Fsp3) is 1.00. The van der Waals surface area contributed by atoms with E-state index in [1.54, 1.807) is 0 Å². The highest BCUT2D eigenvalue weighted by Gasteiger charge is 2.44. The summed E-state index contributed by atoms with van der Waals surface area (Å²) in [4.78, 5) is 0. The Kier molecular flexibility index (Phi) is 3.23. The van der Waals surface area contributed by atoms with Gasteiger partial charge < -0.3 is 4.43 Å². The standard InChI is InChI=1S/C11H24OSi/c1-8(2)10-7-13(5,6)12-11(10)9(3)4/h8-11H,7H2,1-6H3. The van der Waals surface area contributed by atoms with Crippen LogP contribution in [0.3, 0.4) is 0 Å². The van der Waals surface area contributed by atoms with Crippen LogP contribution in [0, 0.1) is 17.8 Å². The molecule has 0 aromatic heterocycles. The Morgan fingerprint density at radius 1 is 1.08 bits per heavy atom. The highest BCUT2D eigenvalue weighted by atomic mass is 28.4. The molecule has 0 aliphatic carbocycles. The zero-order valence-corrected chi connectivity index (χ0v) is 10.9. The maximum Gasteiger partial charge on any atom is 0.187 e. The summed E-state index contributed by atoms with van der Waals surface area (Å²) in [6.07, 6.45) is 0.529. The van der Waals surface area contributed by atoms with Crippen molar-refractivity contribution in [1.82, 2.24) is 0 Å². The van der Waals surface area contributed by atoms with E-state index in [-0.39, 0.29) is 0 Å². The minimum atomic E-state index is -1.29. The molecule has 0 saturated carbocycles. The van der Waals surface area contributed by atoms with E-state index in [0.717, 1.165) is 11.8 Å². The maximum atomic E-state index is 6.22. The van der Waals surface area contributed by atoms with E-state index in [9.17, 15) is 0 Å². The lowest BCUT2D eigenvalue weighted by Crippen LogP contribution is -2.28. The average molecular weight is 200 g/mol. The van der Waals surface area contributed by atoms with Gasteiger partial charge in [0.1, 0.15) is 0 Å². The third-order valence-electron chi connectivity index (χ3n) is 3.12. The number of hydrogen-bond donors (Lipinski definition) is 0. The Balaban J connectivity index is 2.71. The average Bonchev–Trinajstić information content (AvgIpc) is 2.26. The lowest BCUT2D eigenvalue weighted by atomic mass is 9.86. The van der Waals surface area contributed by atoms with Gasteiger partial charge in [-0.3, -0.25) is 0 Å². The summed E-state index contributed by atoms with van der Waals surface area (Å²) in [6, 6.07) is 1.35. The summed E-state index contributed by atoms with van der Waals surface area (Å²) >= 11 is 0. The third kappa shape index (κ3) is 2.56. The van der Waals surface area contributed by atoms with Crippen molar-refractivity contribution in [1.29, 1.82) is 0 Å². The van der Waals surface area contributed by atoms with Crippen molar-refractivity contribution in [3.63, 3.8) is 0 Å². The molecule has 1 rings (SSSR count). The van der Waals surface area contributed by atoms with Crippen molar-refractivity contribution in [2.24, 2.45) is 17.8 Å². The Bertz CT molecular complexity index is 157. The van der Waals surface area contributed by atoms with E-state index < -0.39 is 8.32 Å². The molecule has 2 heteroatoms. The minimum Gasteiger partial charge on any atom is -0.414 e. The van der Waals surface area contributed by atoms with Gasteiger partial charge in [0.05, 0.1) is 6.10 Å². The summed E-state index contributed by atoms with van der Waals surface area (Å²) in [5.74, 6) is 2.27. The second-order valence-electron chi connectivity index (χ2n) is 5.70. The molecular formula is C11H24OSi. The normalized spacial score (nSPS) is 33.2. The predicted molar refractivity (Wildman–Crippen MR) is 60.3 cm³/mol. The summed E-state index contributed by atoms with van der Waals surface area (Å²) < 4.78 is 6.22. The summed E-state index contributed by atoms with van der Waals surface area (Å²) in [6.45, 7) is 13.9. The molecule has 2 atom stereocenters. The van der Waals surface area contributed by atoms with Crippen LogP contribution in [0.1, 0.15) is 27.7 Å². The molecule has 1 saturated heterocycles. The van der Waals surface area contributed by atoms with Gasteiger partial charge in [0, 0.05) is 0 Å². The molecule has 0 aromatic rings. The van der Waals surface area contributed by atoms with Crippen LogP contribution in [-0.4, -0.2) is 14.4 Å². The Labute approximate surface area is 84.0 Å². The summed E-state index contributed by atoms with van der Waals surface area (Å²) in [5, 5.41) is 0. The number of rotatable bonds is 2. The molecule has 0 bridgehead atoms. The van der Waals surface area contributed by atoms with Crippen molar-refractivity contribution in [2.45, 2.75) is 52.9 Å². The van der Waals surface area contributed by atoms with Gasteiger partial charge in [0.15, 0.2) is 8.32 Å². The third-order valence-corrected chi connectivity index (χ3v) is 5.48. The van der Waals surface area contributed by atoms with Crippen molar-refractivity contribution in [3.8, 4) is 0 Å². The fourth-order valence-electron chi connectivity index (χ4n) is 2.43. The smallest absolute Gasteiger partial charge is 0.187 e. The van der Waals surface area contributed by atoms with Crippen LogP contribution in [0.4, 0.5) is 0 Å². The van der Waals surface area contributed by atoms with Crippen LogP contribution in [0.5, 0.6) is 0 Å². The van der Waals surface area contributed by atoms with E-state index in [2.05, 4.69) is 40.8 Å². The zero-order valence-electron chi connectivity index (χ0n) is 9.92. The molecular weight excluding hydrogens is 176 g/mol.